The molecule has 0 aromatic carbocycles. The zero-order valence-electron chi connectivity index (χ0n) is 15.0. The smallest absolute Gasteiger partial charge is 0.410 e. The molecule has 1 amide bonds. The van der Waals surface area contributed by atoms with E-state index in [-0.39, 0.29) is 12.1 Å². The Labute approximate surface area is 146 Å². The predicted molar refractivity (Wildman–Crippen MR) is 95.6 cm³/mol. The van der Waals surface area contributed by atoms with E-state index < -0.39 is 5.60 Å². The summed E-state index contributed by atoms with van der Waals surface area (Å²) in [5.74, 6) is 0.946. The van der Waals surface area contributed by atoms with Gasteiger partial charge >= 0.3 is 6.09 Å². The molecule has 4 rings (SSSR count). The number of carbonyl (C=O) groups excluding carboxylic acids is 1. The van der Waals surface area contributed by atoms with Gasteiger partial charge in [0.1, 0.15) is 22.6 Å². The number of amides is 1. The first-order valence-corrected chi connectivity index (χ1v) is 8.62. The van der Waals surface area contributed by atoms with Gasteiger partial charge in [-0.15, -0.1) is 0 Å². The van der Waals surface area contributed by atoms with Crippen LogP contribution in [0.1, 0.15) is 39.1 Å². The summed E-state index contributed by atoms with van der Waals surface area (Å²) in [6.07, 6.45) is 4.34. The Hall–Kier alpha value is -2.57. The van der Waals surface area contributed by atoms with Crippen molar-refractivity contribution in [1.82, 2.24) is 24.4 Å². The number of fused-ring (bicyclic) bond motifs is 3. The Morgan fingerprint density at radius 3 is 2.96 bits per heavy atom. The van der Waals surface area contributed by atoms with Gasteiger partial charge in [0.15, 0.2) is 0 Å². The molecular weight excluding hydrogens is 318 g/mol. The monoisotopic (exact) mass is 341 g/mol. The molecular formula is C18H23N5O2. The quantitative estimate of drug-likeness (QED) is 0.736. The molecule has 0 bridgehead atoms. The minimum atomic E-state index is -0.476. The summed E-state index contributed by atoms with van der Waals surface area (Å²) in [6.45, 7) is 9.01. The van der Waals surface area contributed by atoms with Crippen LogP contribution in [0.15, 0.2) is 18.5 Å². The molecule has 1 atom stereocenters. The van der Waals surface area contributed by atoms with Crippen LogP contribution in [0.25, 0.3) is 22.1 Å². The van der Waals surface area contributed by atoms with Crippen molar-refractivity contribution in [2.45, 2.75) is 45.8 Å². The summed E-state index contributed by atoms with van der Waals surface area (Å²) in [5.41, 5.74) is 2.35. The third-order valence-corrected chi connectivity index (χ3v) is 4.59. The van der Waals surface area contributed by atoms with E-state index in [0.29, 0.717) is 13.1 Å². The van der Waals surface area contributed by atoms with Gasteiger partial charge < -0.3 is 19.2 Å². The Morgan fingerprint density at radius 1 is 1.40 bits per heavy atom. The number of aromatic amines is 1. The molecule has 132 valence electrons. The first-order chi connectivity index (χ1) is 11.8. The van der Waals surface area contributed by atoms with Crippen LogP contribution in [0.5, 0.6) is 0 Å². The Balaban J connectivity index is 1.68. The number of imidazole rings is 1. The SMILES string of the molecule is Cc1nc2cnc3[nH]ccc3c2n1C1CCN(C(=O)OC(C)(C)C)C1. The van der Waals surface area contributed by atoms with E-state index in [0.717, 1.165) is 34.3 Å². The summed E-state index contributed by atoms with van der Waals surface area (Å²) >= 11 is 0. The van der Waals surface area contributed by atoms with Gasteiger partial charge in [-0.2, -0.15) is 0 Å². The molecule has 4 heterocycles. The number of likely N-dealkylation sites (tertiary alicyclic amines) is 1. The number of aromatic nitrogens is 4. The van der Waals surface area contributed by atoms with Crippen molar-refractivity contribution in [1.29, 1.82) is 0 Å². The largest absolute Gasteiger partial charge is 0.444 e. The lowest BCUT2D eigenvalue weighted by Crippen LogP contribution is -2.35. The first kappa shape index (κ1) is 15.9. The number of hydrogen-bond acceptors (Lipinski definition) is 4. The second kappa shape index (κ2) is 5.47. The minimum Gasteiger partial charge on any atom is -0.444 e. The van der Waals surface area contributed by atoms with Crippen molar-refractivity contribution in [3.05, 3.63) is 24.3 Å². The normalized spacial score (nSPS) is 18.4. The van der Waals surface area contributed by atoms with Crippen molar-refractivity contribution in [2.24, 2.45) is 0 Å². The second-order valence-electron chi connectivity index (χ2n) is 7.63. The molecule has 0 radical (unpaired) electrons. The zero-order chi connectivity index (χ0) is 17.8. The van der Waals surface area contributed by atoms with E-state index >= 15 is 0 Å². The molecule has 1 unspecified atom stereocenters. The van der Waals surface area contributed by atoms with E-state index in [1.165, 1.54) is 0 Å². The lowest BCUT2D eigenvalue weighted by molar-refractivity contribution is 0.0289. The Kier molecular flexibility index (Phi) is 3.49. The van der Waals surface area contributed by atoms with Crippen molar-refractivity contribution in [3.63, 3.8) is 0 Å². The van der Waals surface area contributed by atoms with E-state index in [1.807, 2.05) is 40.0 Å². The van der Waals surface area contributed by atoms with Crippen molar-refractivity contribution in [3.8, 4) is 0 Å². The van der Waals surface area contributed by atoms with Crippen molar-refractivity contribution in [2.75, 3.05) is 13.1 Å². The van der Waals surface area contributed by atoms with Gasteiger partial charge in [-0.05, 0) is 40.2 Å². The van der Waals surface area contributed by atoms with Gasteiger partial charge in [0, 0.05) is 24.7 Å². The summed E-state index contributed by atoms with van der Waals surface area (Å²) in [4.78, 5) is 26.4. The van der Waals surface area contributed by atoms with Crippen molar-refractivity contribution >= 4 is 28.2 Å². The number of rotatable bonds is 1. The fourth-order valence-electron chi connectivity index (χ4n) is 3.60. The van der Waals surface area contributed by atoms with Crippen LogP contribution in [-0.2, 0) is 4.74 Å². The molecule has 25 heavy (non-hydrogen) atoms. The zero-order valence-corrected chi connectivity index (χ0v) is 15.0. The highest BCUT2D eigenvalue weighted by Crippen LogP contribution is 2.31. The fraction of sp³-hybridized carbons (Fsp3) is 0.500. The van der Waals surface area contributed by atoms with Gasteiger partial charge in [0.2, 0.25) is 0 Å². The third kappa shape index (κ3) is 2.73. The maximum Gasteiger partial charge on any atom is 0.410 e. The number of hydrogen-bond donors (Lipinski definition) is 1. The van der Waals surface area contributed by atoms with Crippen LogP contribution in [0, 0.1) is 6.92 Å². The molecule has 1 aliphatic heterocycles. The molecule has 0 aliphatic carbocycles. The summed E-state index contributed by atoms with van der Waals surface area (Å²) < 4.78 is 7.76. The first-order valence-electron chi connectivity index (χ1n) is 8.62. The number of carbonyl (C=O) groups is 1. The third-order valence-electron chi connectivity index (χ3n) is 4.59. The van der Waals surface area contributed by atoms with Gasteiger partial charge in [0.25, 0.3) is 0 Å². The molecule has 1 saturated heterocycles. The van der Waals surface area contributed by atoms with Gasteiger partial charge in [-0.3, -0.25) is 0 Å². The van der Waals surface area contributed by atoms with Gasteiger partial charge in [-0.25, -0.2) is 14.8 Å². The van der Waals surface area contributed by atoms with Gasteiger partial charge in [-0.1, -0.05) is 0 Å². The Bertz CT molecular complexity index is 950. The van der Waals surface area contributed by atoms with E-state index in [9.17, 15) is 4.79 Å². The van der Waals surface area contributed by atoms with E-state index in [2.05, 4.69) is 19.5 Å². The van der Waals surface area contributed by atoms with Crippen LogP contribution < -0.4 is 0 Å². The molecule has 1 N–H and O–H groups in total. The average Bonchev–Trinajstić information content (AvgIpc) is 3.21. The number of nitrogens with one attached hydrogen (secondary N) is 1. The number of H-pyrrole nitrogens is 1. The molecule has 7 heteroatoms. The highest BCUT2D eigenvalue weighted by Gasteiger charge is 2.32. The predicted octanol–water partition coefficient (Wildman–Crippen LogP) is 3.40. The highest BCUT2D eigenvalue weighted by atomic mass is 16.6. The lowest BCUT2D eigenvalue weighted by atomic mass is 10.2. The molecule has 0 spiro atoms. The number of aryl methyl sites for hydroxylation is 1. The topological polar surface area (TPSA) is 76.0 Å². The maximum absolute atomic E-state index is 12.4. The lowest BCUT2D eigenvalue weighted by Gasteiger charge is -2.24. The average molecular weight is 341 g/mol. The van der Waals surface area contributed by atoms with Gasteiger partial charge in [0.05, 0.1) is 17.8 Å². The molecule has 7 nitrogen and oxygen atoms in total. The number of nitrogens with zero attached hydrogens (tertiary/aromatic N) is 4. The van der Waals surface area contributed by atoms with Crippen LogP contribution in [0.4, 0.5) is 4.79 Å². The molecule has 1 aliphatic rings. The Morgan fingerprint density at radius 2 is 2.20 bits per heavy atom. The highest BCUT2D eigenvalue weighted by molar-refractivity contribution is 6.01. The number of pyridine rings is 1. The second-order valence-corrected chi connectivity index (χ2v) is 7.63. The molecule has 3 aromatic heterocycles. The van der Waals surface area contributed by atoms with E-state index in [4.69, 9.17) is 4.74 Å². The minimum absolute atomic E-state index is 0.193. The molecule has 0 saturated carbocycles. The van der Waals surface area contributed by atoms with E-state index in [1.54, 1.807) is 11.1 Å². The van der Waals surface area contributed by atoms with Crippen molar-refractivity contribution < 1.29 is 9.53 Å². The fourth-order valence-corrected chi connectivity index (χ4v) is 3.60. The maximum atomic E-state index is 12.4. The molecule has 3 aromatic rings. The van der Waals surface area contributed by atoms with Crippen LogP contribution >= 0.6 is 0 Å². The van der Waals surface area contributed by atoms with Crippen LogP contribution in [0.2, 0.25) is 0 Å². The summed E-state index contributed by atoms with van der Waals surface area (Å²) in [5, 5.41) is 1.06. The summed E-state index contributed by atoms with van der Waals surface area (Å²) in [7, 11) is 0. The number of ether oxygens (including phenoxy) is 1. The summed E-state index contributed by atoms with van der Waals surface area (Å²) in [6, 6.07) is 2.22. The molecule has 1 fully saturated rings. The standard InChI is InChI=1S/C18H23N5O2/c1-11-21-14-9-20-16-13(5-7-19-16)15(14)23(11)12-6-8-22(10-12)17(24)25-18(2,3)4/h5,7,9,12H,6,8,10H2,1-4H3,(H,19,20). The van der Waals surface area contributed by atoms with Crippen LogP contribution in [0.3, 0.4) is 0 Å². The van der Waals surface area contributed by atoms with Crippen LogP contribution in [-0.4, -0.2) is 49.2 Å².